The van der Waals surface area contributed by atoms with Gasteiger partial charge in [0.1, 0.15) is 0 Å². The van der Waals surface area contributed by atoms with Gasteiger partial charge in [-0.25, -0.2) is 9.18 Å². The van der Waals surface area contributed by atoms with E-state index in [0.717, 1.165) is 0 Å². The van der Waals surface area contributed by atoms with Crippen molar-refractivity contribution in [2.45, 2.75) is 13.0 Å². The van der Waals surface area contributed by atoms with Crippen molar-refractivity contribution < 1.29 is 23.5 Å². The average Bonchev–Trinajstić information content (AvgIpc) is 2.60. The topological polar surface area (TPSA) is 64.6 Å². The highest BCUT2D eigenvalue weighted by molar-refractivity contribution is 5.96. The molecule has 2 aromatic carbocycles. The van der Waals surface area contributed by atoms with Gasteiger partial charge in [-0.15, -0.1) is 0 Å². The summed E-state index contributed by atoms with van der Waals surface area (Å²) >= 11 is 0. The molecule has 0 heterocycles. The molecule has 0 fully saturated rings. The Bertz CT molecular complexity index is 743. The lowest BCUT2D eigenvalue weighted by atomic mass is 10.1. The van der Waals surface area contributed by atoms with Crippen LogP contribution in [0.2, 0.25) is 0 Å². The molecule has 1 atom stereocenters. The third-order valence-corrected chi connectivity index (χ3v) is 3.59. The Labute approximate surface area is 139 Å². The highest BCUT2D eigenvalue weighted by atomic mass is 19.1. The van der Waals surface area contributed by atoms with Crippen LogP contribution in [0.4, 0.5) is 4.39 Å². The number of halogens is 1. The maximum atomic E-state index is 13.7. The monoisotopic (exact) mass is 331 g/mol. The van der Waals surface area contributed by atoms with Crippen molar-refractivity contribution in [3.8, 4) is 5.75 Å². The van der Waals surface area contributed by atoms with Crippen LogP contribution in [0.15, 0.2) is 42.5 Å². The Balaban J connectivity index is 2.08. The first-order chi connectivity index (χ1) is 11.5. The van der Waals surface area contributed by atoms with Crippen LogP contribution in [0.25, 0.3) is 0 Å². The molecular formula is C18H18FNO4. The van der Waals surface area contributed by atoms with Crippen LogP contribution in [0.3, 0.4) is 0 Å². The number of hydrogen-bond acceptors (Lipinski definition) is 4. The molecule has 1 amide bonds. The van der Waals surface area contributed by atoms with E-state index >= 15 is 0 Å². The minimum atomic E-state index is -0.487. The average molecular weight is 331 g/mol. The normalized spacial score (nSPS) is 11.5. The van der Waals surface area contributed by atoms with Crippen molar-refractivity contribution >= 4 is 11.9 Å². The van der Waals surface area contributed by atoms with Crippen LogP contribution in [0.1, 0.15) is 39.2 Å². The summed E-state index contributed by atoms with van der Waals surface area (Å²) < 4.78 is 23.2. The molecule has 0 radical (unpaired) electrons. The summed E-state index contributed by atoms with van der Waals surface area (Å²) in [5.41, 5.74) is 1.37. The molecule has 0 spiro atoms. The second-order valence-corrected chi connectivity index (χ2v) is 5.16. The third-order valence-electron chi connectivity index (χ3n) is 3.59. The van der Waals surface area contributed by atoms with E-state index in [2.05, 4.69) is 10.1 Å². The first-order valence-corrected chi connectivity index (χ1v) is 7.29. The summed E-state index contributed by atoms with van der Waals surface area (Å²) in [7, 11) is 2.68. The Hall–Kier alpha value is -2.89. The van der Waals surface area contributed by atoms with Crippen LogP contribution < -0.4 is 10.1 Å². The van der Waals surface area contributed by atoms with Gasteiger partial charge in [-0.2, -0.15) is 0 Å². The molecule has 0 aliphatic heterocycles. The van der Waals surface area contributed by atoms with Gasteiger partial charge < -0.3 is 14.8 Å². The molecule has 24 heavy (non-hydrogen) atoms. The van der Waals surface area contributed by atoms with Gasteiger partial charge >= 0.3 is 5.97 Å². The molecule has 0 unspecified atom stereocenters. The van der Waals surface area contributed by atoms with Gasteiger partial charge in [0.15, 0.2) is 11.6 Å². The fourth-order valence-electron chi connectivity index (χ4n) is 2.19. The maximum absolute atomic E-state index is 13.7. The first kappa shape index (κ1) is 17.5. The molecule has 6 heteroatoms. The lowest BCUT2D eigenvalue weighted by Crippen LogP contribution is -2.26. The molecule has 0 aromatic heterocycles. The summed E-state index contributed by atoms with van der Waals surface area (Å²) in [4.78, 5) is 23.6. The van der Waals surface area contributed by atoms with Gasteiger partial charge in [0.2, 0.25) is 0 Å². The lowest BCUT2D eigenvalue weighted by Gasteiger charge is -2.15. The smallest absolute Gasteiger partial charge is 0.337 e. The third kappa shape index (κ3) is 3.90. The van der Waals surface area contributed by atoms with E-state index in [4.69, 9.17) is 4.74 Å². The molecule has 0 saturated heterocycles. The van der Waals surface area contributed by atoms with Gasteiger partial charge in [-0.3, -0.25) is 4.79 Å². The van der Waals surface area contributed by atoms with E-state index in [1.165, 1.54) is 50.6 Å². The van der Waals surface area contributed by atoms with Crippen molar-refractivity contribution in [3.05, 3.63) is 65.0 Å². The molecule has 0 bridgehead atoms. The summed E-state index contributed by atoms with van der Waals surface area (Å²) in [6.45, 7) is 1.75. The van der Waals surface area contributed by atoms with Gasteiger partial charge in [0.25, 0.3) is 5.91 Å². The van der Waals surface area contributed by atoms with Crippen molar-refractivity contribution in [1.29, 1.82) is 0 Å². The van der Waals surface area contributed by atoms with E-state index in [0.29, 0.717) is 16.7 Å². The predicted molar refractivity (Wildman–Crippen MR) is 86.6 cm³/mol. The second-order valence-electron chi connectivity index (χ2n) is 5.16. The number of nitrogens with one attached hydrogen (secondary N) is 1. The van der Waals surface area contributed by atoms with Crippen LogP contribution in [0.5, 0.6) is 5.75 Å². The fraction of sp³-hybridized carbons (Fsp3) is 0.222. The van der Waals surface area contributed by atoms with Crippen LogP contribution in [0, 0.1) is 5.82 Å². The molecule has 1 N–H and O–H groups in total. The van der Waals surface area contributed by atoms with Gasteiger partial charge in [-0.05, 0) is 48.9 Å². The van der Waals surface area contributed by atoms with E-state index in [-0.39, 0.29) is 11.7 Å². The molecule has 0 saturated carbocycles. The second kappa shape index (κ2) is 7.59. The van der Waals surface area contributed by atoms with Crippen molar-refractivity contribution in [3.63, 3.8) is 0 Å². The Morgan fingerprint density at radius 3 is 2.21 bits per heavy atom. The number of carbonyl (C=O) groups is 2. The van der Waals surface area contributed by atoms with E-state index in [1.54, 1.807) is 13.0 Å². The SMILES string of the molecule is COC(=O)c1ccc(C(=O)N[C@@H](C)c2ccc(OC)c(F)c2)cc1. The van der Waals surface area contributed by atoms with Gasteiger partial charge in [-0.1, -0.05) is 6.07 Å². The molecule has 2 rings (SSSR count). The number of carbonyl (C=O) groups excluding carboxylic acids is 2. The molecule has 5 nitrogen and oxygen atoms in total. The van der Waals surface area contributed by atoms with Crippen LogP contribution in [-0.2, 0) is 4.74 Å². The highest BCUT2D eigenvalue weighted by Gasteiger charge is 2.14. The number of methoxy groups -OCH3 is 2. The van der Waals surface area contributed by atoms with E-state index in [1.807, 2.05) is 0 Å². The summed E-state index contributed by atoms with van der Waals surface area (Å²) in [5.74, 6) is -1.13. The first-order valence-electron chi connectivity index (χ1n) is 7.29. The number of esters is 1. The minimum absolute atomic E-state index is 0.149. The number of ether oxygens (including phenoxy) is 2. The number of rotatable bonds is 5. The Morgan fingerprint density at radius 1 is 1.04 bits per heavy atom. The van der Waals surface area contributed by atoms with Crippen LogP contribution >= 0.6 is 0 Å². The van der Waals surface area contributed by atoms with Crippen LogP contribution in [-0.4, -0.2) is 26.1 Å². The Morgan fingerprint density at radius 2 is 1.67 bits per heavy atom. The molecule has 2 aromatic rings. The van der Waals surface area contributed by atoms with E-state index in [9.17, 15) is 14.0 Å². The van der Waals surface area contributed by atoms with Crippen molar-refractivity contribution in [2.24, 2.45) is 0 Å². The maximum Gasteiger partial charge on any atom is 0.337 e. The number of amides is 1. The summed E-state index contributed by atoms with van der Waals surface area (Å²) in [6.07, 6.45) is 0. The molecule has 0 aliphatic rings. The summed E-state index contributed by atoms with van der Waals surface area (Å²) in [5, 5.41) is 2.78. The zero-order chi connectivity index (χ0) is 17.7. The Kier molecular flexibility index (Phi) is 5.52. The zero-order valence-corrected chi connectivity index (χ0v) is 13.6. The molecule has 126 valence electrons. The zero-order valence-electron chi connectivity index (χ0n) is 13.6. The minimum Gasteiger partial charge on any atom is -0.494 e. The van der Waals surface area contributed by atoms with Gasteiger partial charge in [0.05, 0.1) is 25.8 Å². The summed E-state index contributed by atoms with van der Waals surface area (Å²) in [6, 6.07) is 10.2. The number of benzene rings is 2. The van der Waals surface area contributed by atoms with Crippen molar-refractivity contribution in [2.75, 3.05) is 14.2 Å². The van der Waals surface area contributed by atoms with E-state index < -0.39 is 17.8 Å². The number of hydrogen-bond donors (Lipinski definition) is 1. The van der Waals surface area contributed by atoms with Gasteiger partial charge in [0, 0.05) is 5.56 Å². The molecular weight excluding hydrogens is 313 g/mol. The van der Waals surface area contributed by atoms with Crippen molar-refractivity contribution in [1.82, 2.24) is 5.32 Å². The largest absolute Gasteiger partial charge is 0.494 e. The molecule has 0 aliphatic carbocycles. The fourth-order valence-corrected chi connectivity index (χ4v) is 2.19. The quantitative estimate of drug-likeness (QED) is 0.855. The predicted octanol–water partition coefficient (Wildman–Crippen LogP) is 3.11. The standard InChI is InChI=1S/C18H18FNO4/c1-11(14-8-9-16(23-2)15(19)10-14)20-17(21)12-4-6-13(7-5-12)18(22)24-3/h4-11H,1-3H3,(H,20,21)/t11-/m0/s1. The lowest BCUT2D eigenvalue weighted by molar-refractivity contribution is 0.0600. The highest BCUT2D eigenvalue weighted by Crippen LogP contribution is 2.22.